The fraction of sp³-hybridized carbons (Fsp3) is 0.0714. The first-order valence-corrected chi connectivity index (χ1v) is 6.81. The van der Waals surface area contributed by atoms with Gasteiger partial charge in [0.05, 0.1) is 10.6 Å². The van der Waals surface area contributed by atoms with Gasteiger partial charge in [-0.25, -0.2) is 4.98 Å². The molecule has 1 aliphatic rings. The molecule has 4 heteroatoms. The van der Waals surface area contributed by atoms with Gasteiger partial charge in [-0.2, -0.15) is 0 Å². The molecule has 0 fully saturated rings. The van der Waals surface area contributed by atoms with Crippen LogP contribution in [0, 0.1) is 0 Å². The minimum Gasteiger partial charge on any atom is -0.399 e. The van der Waals surface area contributed by atoms with E-state index < -0.39 is 0 Å². The van der Waals surface area contributed by atoms with Crippen molar-refractivity contribution in [1.82, 2.24) is 4.98 Å². The number of nitrogens with two attached hydrogens (primary N) is 1. The third-order valence-electron chi connectivity index (χ3n) is 2.74. The molecule has 90 valence electrons. The molecule has 0 atom stereocenters. The van der Waals surface area contributed by atoms with E-state index in [0.717, 1.165) is 38.3 Å². The second kappa shape index (κ2) is 4.59. The molecule has 0 saturated carbocycles. The number of allylic oxidation sites excluding steroid dienone is 3. The Balaban J connectivity index is 2.04. The molecular formula is C14H11ClN2S. The van der Waals surface area contributed by atoms with Crippen LogP contribution in [0.2, 0.25) is 0 Å². The number of fused-ring (bicyclic) bond motifs is 1. The van der Waals surface area contributed by atoms with Crippen LogP contribution >= 0.6 is 22.9 Å². The summed E-state index contributed by atoms with van der Waals surface area (Å²) in [4.78, 5) is 5.80. The second-order valence-electron chi connectivity index (χ2n) is 4.09. The molecule has 1 aliphatic carbocycles. The Hall–Kier alpha value is -1.58. The Morgan fingerprint density at radius 1 is 1.22 bits per heavy atom. The topological polar surface area (TPSA) is 38.9 Å². The van der Waals surface area contributed by atoms with Gasteiger partial charge < -0.3 is 5.73 Å². The molecule has 0 spiro atoms. The lowest BCUT2D eigenvalue weighted by atomic mass is 10.2. The summed E-state index contributed by atoms with van der Waals surface area (Å²) < 4.78 is 0. The normalized spacial score (nSPS) is 13.9. The smallest absolute Gasteiger partial charge is 0.124 e. The molecule has 3 rings (SSSR count). The first-order valence-electron chi connectivity index (χ1n) is 5.62. The van der Waals surface area contributed by atoms with Crippen LogP contribution in [0.3, 0.4) is 0 Å². The lowest BCUT2D eigenvalue weighted by Gasteiger charge is -1.96. The van der Waals surface area contributed by atoms with Crippen molar-refractivity contribution in [3.63, 3.8) is 0 Å². The highest BCUT2D eigenvalue weighted by molar-refractivity contribution is 7.16. The van der Waals surface area contributed by atoms with Crippen LogP contribution in [0.4, 0.5) is 5.69 Å². The van der Waals surface area contributed by atoms with Gasteiger partial charge >= 0.3 is 0 Å². The molecular weight excluding hydrogens is 264 g/mol. The summed E-state index contributed by atoms with van der Waals surface area (Å²) in [5, 5.41) is 1.76. The van der Waals surface area contributed by atoms with Crippen LogP contribution in [0.5, 0.6) is 0 Å². The number of nitrogen functional groups attached to an aromatic ring is 1. The third-order valence-corrected chi connectivity index (χ3v) is 4.07. The SMILES string of the molecule is Nc1ccc(-c2nc3c(s2)C=C(Cl)C=CC3)cc1. The van der Waals surface area contributed by atoms with E-state index >= 15 is 0 Å². The van der Waals surface area contributed by atoms with Crippen molar-refractivity contribution in [2.75, 3.05) is 5.73 Å². The number of benzene rings is 1. The van der Waals surface area contributed by atoms with Crippen LogP contribution in [-0.2, 0) is 6.42 Å². The number of thiazole rings is 1. The zero-order valence-electron chi connectivity index (χ0n) is 9.56. The van der Waals surface area contributed by atoms with Crippen molar-refractivity contribution < 1.29 is 0 Å². The quantitative estimate of drug-likeness (QED) is 0.796. The van der Waals surface area contributed by atoms with Gasteiger partial charge in [0.25, 0.3) is 0 Å². The molecule has 0 amide bonds. The number of halogens is 1. The summed E-state index contributed by atoms with van der Waals surface area (Å²) in [5.41, 5.74) is 8.63. The second-order valence-corrected chi connectivity index (χ2v) is 5.55. The Morgan fingerprint density at radius 2 is 2.00 bits per heavy atom. The van der Waals surface area contributed by atoms with E-state index in [1.807, 2.05) is 42.5 Å². The molecule has 0 saturated heterocycles. The molecule has 1 aromatic carbocycles. The Kier molecular flexibility index (Phi) is 2.94. The van der Waals surface area contributed by atoms with E-state index in [9.17, 15) is 0 Å². The first kappa shape index (κ1) is 11.5. The summed E-state index contributed by atoms with van der Waals surface area (Å²) >= 11 is 7.72. The van der Waals surface area contributed by atoms with Crippen LogP contribution in [0.15, 0.2) is 41.4 Å². The molecule has 2 aromatic rings. The zero-order valence-corrected chi connectivity index (χ0v) is 11.1. The van der Waals surface area contributed by atoms with Crippen molar-refractivity contribution in [3.05, 3.63) is 52.0 Å². The van der Waals surface area contributed by atoms with Crippen molar-refractivity contribution >= 4 is 34.7 Å². The summed E-state index contributed by atoms with van der Waals surface area (Å²) in [5.74, 6) is 0. The Labute approximate surface area is 114 Å². The van der Waals surface area contributed by atoms with Gasteiger partial charge in [-0.3, -0.25) is 0 Å². The van der Waals surface area contributed by atoms with E-state index in [1.54, 1.807) is 11.3 Å². The Morgan fingerprint density at radius 3 is 2.78 bits per heavy atom. The maximum absolute atomic E-state index is 6.06. The van der Waals surface area contributed by atoms with Gasteiger partial charge in [-0.05, 0) is 36.4 Å². The third kappa shape index (κ3) is 2.19. The van der Waals surface area contributed by atoms with Gasteiger partial charge in [-0.1, -0.05) is 17.7 Å². The molecule has 0 radical (unpaired) electrons. The minimum absolute atomic E-state index is 0.751. The predicted octanol–water partition coefficient (Wildman–Crippen LogP) is 4.08. The van der Waals surface area contributed by atoms with Gasteiger partial charge in [0.15, 0.2) is 0 Å². The maximum atomic E-state index is 6.06. The van der Waals surface area contributed by atoms with E-state index in [2.05, 4.69) is 4.98 Å². The standard InChI is InChI=1S/C14H11ClN2S/c15-10-2-1-3-12-13(8-10)18-14(17-12)9-4-6-11(16)7-5-9/h1-2,4-8H,3,16H2. The van der Waals surface area contributed by atoms with E-state index in [4.69, 9.17) is 17.3 Å². The molecule has 18 heavy (non-hydrogen) atoms. The van der Waals surface area contributed by atoms with Crippen LogP contribution in [0.1, 0.15) is 10.6 Å². The van der Waals surface area contributed by atoms with Gasteiger partial charge in [0, 0.05) is 22.7 Å². The highest BCUT2D eigenvalue weighted by Gasteiger charge is 2.12. The number of hydrogen-bond donors (Lipinski definition) is 1. The summed E-state index contributed by atoms with van der Waals surface area (Å²) in [7, 11) is 0. The molecule has 0 aliphatic heterocycles. The van der Waals surface area contributed by atoms with E-state index in [-0.39, 0.29) is 0 Å². The highest BCUT2D eigenvalue weighted by Crippen LogP contribution is 2.32. The number of nitrogens with zero attached hydrogens (tertiary/aromatic N) is 1. The van der Waals surface area contributed by atoms with Crippen LogP contribution in [-0.4, -0.2) is 4.98 Å². The summed E-state index contributed by atoms with van der Waals surface area (Å²) in [6, 6.07) is 7.78. The summed E-state index contributed by atoms with van der Waals surface area (Å²) in [6.45, 7) is 0. The highest BCUT2D eigenvalue weighted by atomic mass is 35.5. The van der Waals surface area contributed by atoms with Crippen molar-refractivity contribution in [3.8, 4) is 10.6 Å². The lowest BCUT2D eigenvalue weighted by Crippen LogP contribution is -1.85. The number of aromatic nitrogens is 1. The van der Waals surface area contributed by atoms with Crippen molar-refractivity contribution in [2.24, 2.45) is 0 Å². The van der Waals surface area contributed by atoms with Crippen molar-refractivity contribution in [2.45, 2.75) is 6.42 Å². The number of rotatable bonds is 1. The molecule has 2 N–H and O–H groups in total. The average Bonchev–Trinajstić information content (AvgIpc) is 2.65. The van der Waals surface area contributed by atoms with Gasteiger partial charge in [0.1, 0.15) is 5.01 Å². The Bertz CT molecular complexity index is 638. The monoisotopic (exact) mass is 274 g/mol. The number of hydrogen-bond acceptors (Lipinski definition) is 3. The van der Waals surface area contributed by atoms with E-state index in [0.29, 0.717) is 0 Å². The molecule has 0 unspecified atom stereocenters. The lowest BCUT2D eigenvalue weighted by molar-refractivity contribution is 1.15. The molecule has 0 bridgehead atoms. The van der Waals surface area contributed by atoms with Crippen molar-refractivity contribution in [1.29, 1.82) is 0 Å². The maximum Gasteiger partial charge on any atom is 0.124 e. The van der Waals surface area contributed by atoms with Crippen LogP contribution < -0.4 is 5.73 Å². The zero-order chi connectivity index (χ0) is 12.5. The summed E-state index contributed by atoms with van der Waals surface area (Å²) in [6.07, 6.45) is 6.75. The predicted molar refractivity (Wildman–Crippen MR) is 78.6 cm³/mol. The fourth-order valence-corrected chi connectivity index (χ4v) is 3.14. The molecule has 2 nitrogen and oxygen atoms in total. The molecule has 1 aromatic heterocycles. The van der Waals surface area contributed by atoms with Gasteiger partial charge in [0.2, 0.25) is 0 Å². The van der Waals surface area contributed by atoms with Gasteiger partial charge in [-0.15, -0.1) is 11.3 Å². The average molecular weight is 275 g/mol. The molecule has 1 heterocycles. The van der Waals surface area contributed by atoms with Crippen LogP contribution in [0.25, 0.3) is 16.6 Å². The minimum atomic E-state index is 0.751. The van der Waals surface area contributed by atoms with E-state index in [1.165, 1.54) is 0 Å². The largest absolute Gasteiger partial charge is 0.399 e. The number of anilines is 1. The first-order chi connectivity index (χ1) is 8.72. The fourth-order valence-electron chi connectivity index (χ4n) is 1.83.